The number of hydrogen-bond acceptors (Lipinski definition) is 2. The van der Waals surface area contributed by atoms with Gasteiger partial charge in [-0.05, 0) is 50.9 Å². The number of aryl methyl sites for hydroxylation is 1. The molecule has 0 saturated heterocycles. The average Bonchev–Trinajstić information content (AvgIpc) is 2.35. The molecule has 0 amide bonds. The van der Waals surface area contributed by atoms with Crippen LogP contribution in [0.15, 0.2) is 18.2 Å². The van der Waals surface area contributed by atoms with Crippen LogP contribution in [-0.2, 0) is 12.8 Å². The van der Waals surface area contributed by atoms with Crippen LogP contribution in [0.1, 0.15) is 31.9 Å². The van der Waals surface area contributed by atoms with Gasteiger partial charge in [-0.25, -0.2) is 0 Å². The van der Waals surface area contributed by atoms with E-state index in [1.165, 1.54) is 11.1 Å². The molecule has 17 heavy (non-hydrogen) atoms. The number of nitrogens with zero attached hydrogens (tertiary/aromatic N) is 1. The van der Waals surface area contributed by atoms with Gasteiger partial charge >= 0.3 is 0 Å². The molecule has 0 heterocycles. The molecule has 0 aliphatic heterocycles. The number of ether oxygens (including phenoxy) is 1. The molecule has 1 rings (SSSR count). The summed E-state index contributed by atoms with van der Waals surface area (Å²) < 4.78 is 5.42. The molecule has 1 aromatic rings. The SMILES string of the molecule is CCc1ccc(OC)c(CCN(C)C(C)C)c1. The number of benzene rings is 1. The van der Waals surface area contributed by atoms with Crippen molar-refractivity contribution in [2.45, 2.75) is 39.7 Å². The van der Waals surface area contributed by atoms with E-state index in [1.54, 1.807) is 7.11 Å². The van der Waals surface area contributed by atoms with Gasteiger partial charge in [-0.3, -0.25) is 0 Å². The van der Waals surface area contributed by atoms with E-state index in [0.717, 1.165) is 25.1 Å². The topological polar surface area (TPSA) is 12.5 Å². The maximum Gasteiger partial charge on any atom is 0.122 e. The summed E-state index contributed by atoms with van der Waals surface area (Å²) >= 11 is 0. The Labute approximate surface area is 106 Å². The molecule has 1 aromatic carbocycles. The van der Waals surface area contributed by atoms with E-state index >= 15 is 0 Å². The Morgan fingerprint density at radius 1 is 1.29 bits per heavy atom. The van der Waals surface area contributed by atoms with Gasteiger partial charge in [-0.1, -0.05) is 19.1 Å². The molecule has 0 atom stereocenters. The zero-order valence-corrected chi connectivity index (χ0v) is 11.8. The highest BCUT2D eigenvalue weighted by Crippen LogP contribution is 2.21. The molecule has 0 aliphatic rings. The van der Waals surface area contributed by atoms with Crippen molar-refractivity contribution < 1.29 is 4.74 Å². The van der Waals surface area contributed by atoms with Gasteiger partial charge in [-0.2, -0.15) is 0 Å². The summed E-state index contributed by atoms with van der Waals surface area (Å²) in [5.74, 6) is 1.01. The summed E-state index contributed by atoms with van der Waals surface area (Å²) in [6.07, 6.45) is 2.13. The van der Waals surface area contributed by atoms with E-state index < -0.39 is 0 Å². The molecular weight excluding hydrogens is 210 g/mol. The lowest BCUT2D eigenvalue weighted by Gasteiger charge is -2.21. The number of hydrogen-bond donors (Lipinski definition) is 0. The van der Waals surface area contributed by atoms with Crippen LogP contribution in [0, 0.1) is 0 Å². The fraction of sp³-hybridized carbons (Fsp3) is 0.600. The minimum atomic E-state index is 0.593. The van der Waals surface area contributed by atoms with Crippen LogP contribution in [0.5, 0.6) is 5.75 Å². The van der Waals surface area contributed by atoms with Gasteiger partial charge in [-0.15, -0.1) is 0 Å². The first-order valence-electron chi connectivity index (χ1n) is 6.44. The molecule has 2 heteroatoms. The van der Waals surface area contributed by atoms with Crippen molar-refractivity contribution >= 4 is 0 Å². The van der Waals surface area contributed by atoms with Gasteiger partial charge in [0.1, 0.15) is 5.75 Å². The summed E-state index contributed by atoms with van der Waals surface area (Å²) in [4.78, 5) is 2.36. The first-order chi connectivity index (χ1) is 8.08. The molecule has 2 nitrogen and oxygen atoms in total. The third kappa shape index (κ3) is 4.04. The minimum absolute atomic E-state index is 0.593. The highest BCUT2D eigenvalue weighted by molar-refractivity contribution is 5.37. The highest BCUT2D eigenvalue weighted by Gasteiger charge is 2.07. The van der Waals surface area contributed by atoms with Gasteiger partial charge in [0, 0.05) is 12.6 Å². The predicted molar refractivity (Wildman–Crippen MR) is 73.8 cm³/mol. The van der Waals surface area contributed by atoms with Crippen LogP contribution < -0.4 is 4.74 Å². The maximum absolute atomic E-state index is 5.42. The first-order valence-corrected chi connectivity index (χ1v) is 6.44. The second-order valence-corrected chi connectivity index (χ2v) is 4.82. The fourth-order valence-electron chi connectivity index (χ4n) is 1.80. The first kappa shape index (κ1) is 14.0. The number of likely N-dealkylation sites (N-methyl/N-ethyl adjacent to an activating group) is 1. The largest absolute Gasteiger partial charge is 0.496 e. The zero-order chi connectivity index (χ0) is 12.8. The Balaban J connectivity index is 2.74. The van der Waals surface area contributed by atoms with E-state index in [2.05, 4.69) is 50.9 Å². The molecule has 0 N–H and O–H groups in total. The Morgan fingerprint density at radius 3 is 2.53 bits per heavy atom. The normalized spacial score (nSPS) is 11.2. The molecule has 0 radical (unpaired) electrons. The van der Waals surface area contributed by atoms with Crippen LogP contribution in [0.2, 0.25) is 0 Å². The average molecular weight is 235 g/mol. The van der Waals surface area contributed by atoms with E-state index in [0.29, 0.717) is 6.04 Å². The van der Waals surface area contributed by atoms with Crippen molar-refractivity contribution in [1.82, 2.24) is 4.90 Å². The number of rotatable bonds is 6. The second-order valence-electron chi connectivity index (χ2n) is 4.82. The van der Waals surface area contributed by atoms with E-state index in [9.17, 15) is 0 Å². The van der Waals surface area contributed by atoms with Crippen LogP contribution in [-0.4, -0.2) is 31.6 Å². The molecule has 0 aliphatic carbocycles. The number of methoxy groups -OCH3 is 1. The third-order valence-electron chi connectivity index (χ3n) is 3.37. The van der Waals surface area contributed by atoms with E-state index in [4.69, 9.17) is 4.74 Å². The van der Waals surface area contributed by atoms with Gasteiger partial charge in [0.2, 0.25) is 0 Å². The van der Waals surface area contributed by atoms with Crippen molar-refractivity contribution in [2.24, 2.45) is 0 Å². The van der Waals surface area contributed by atoms with E-state index in [1.807, 2.05) is 0 Å². The Morgan fingerprint density at radius 2 is 2.00 bits per heavy atom. The van der Waals surface area contributed by atoms with Crippen LogP contribution in [0.3, 0.4) is 0 Å². The standard InChI is InChI=1S/C15H25NO/c1-6-13-7-8-15(17-5)14(11-13)9-10-16(4)12(2)3/h7-8,11-12H,6,9-10H2,1-5H3. The molecule has 0 spiro atoms. The summed E-state index contributed by atoms with van der Waals surface area (Å²) in [5, 5.41) is 0. The second kappa shape index (κ2) is 6.65. The molecule has 96 valence electrons. The van der Waals surface area contributed by atoms with Gasteiger partial charge in [0.05, 0.1) is 7.11 Å². The Bertz CT molecular complexity index is 347. The van der Waals surface area contributed by atoms with Crippen LogP contribution in [0.25, 0.3) is 0 Å². The third-order valence-corrected chi connectivity index (χ3v) is 3.37. The van der Waals surface area contributed by atoms with Crippen molar-refractivity contribution in [3.63, 3.8) is 0 Å². The fourth-order valence-corrected chi connectivity index (χ4v) is 1.80. The summed E-state index contributed by atoms with van der Waals surface area (Å²) in [5.41, 5.74) is 2.70. The Kier molecular flexibility index (Phi) is 5.49. The monoisotopic (exact) mass is 235 g/mol. The predicted octanol–water partition coefficient (Wildman–Crippen LogP) is 3.14. The summed E-state index contributed by atoms with van der Waals surface area (Å²) in [7, 11) is 3.91. The van der Waals surface area contributed by atoms with E-state index in [-0.39, 0.29) is 0 Å². The van der Waals surface area contributed by atoms with Crippen molar-refractivity contribution in [3.05, 3.63) is 29.3 Å². The van der Waals surface area contributed by atoms with Crippen molar-refractivity contribution in [2.75, 3.05) is 20.7 Å². The lowest BCUT2D eigenvalue weighted by atomic mass is 10.0. The molecule has 0 unspecified atom stereocenters. The Hall–Kier alpha value is -1.02. The van der Waals surface area contributed by atoms with Gasteiger partial charge in [0.25, 0.3) is 0 Å². The zero-order valence-electron chi connectivity index (χ0n) is 11.8. The minimum Gasteiger partial charge on any atom is -0.496 e. The molecule has 0 bridgehead atoms. The van der Waals surface area contributed by atoms with Crippen molar-refractivity contribution in [3.8, 4) is 5.75 Å². The quantitative estimate of drug-likeness (QED) is 0.751. The highest BCUT2D eigenvalue weighted by atomic mass is 16.5. The molecule has 0 saturated carbocycles. The summed E-state index contributed by atoms with van der Waals surface area (Å²) in [6.45, 7) is 7.70. The van der Waals surface area contributed by atoms with Crippen LogP contribution in [0.4, 0.5) is 0 Å². The molecular formula is C15H25NO. The molecule has 0 fully saturated rings. The maximum atomic E-state index is 5.42. The van der Waals surface area contributed by atoms with Crippen LogP contribution >= 0.6 is 0 Å². The lowest BCUT2D eigenvalue weighted by Crippen LogP contribution is -2.28. The smallest absolute Gasteiger partial charge is 0.122 e. The van der Waals surface area contributed by atoms with Gasteiger partial charge in [0.15, 0.2) is 0 Å². The molecule has 0 aromatic heterocycles. The summed E-state index contributed by atoms with van der Waals surface area (Å²) in [6, 6.07) is 7.10. The van der Waals surface area contributed by atoms with Crippen molar-refractivity contribution in [1.29, 1.82) is 0 Å². The van der Waals surface area contributed by atoms with Gasteiger partial charge < -0.3 is 9.64 Å². The lowest BCUT2D eigenvalue weighted by molar-refractivity contribution is 0.276.